The average Bonchev–Trinajstić information content (AvgIpc) is 3.26. The van der Waals surface area contributed by atoms with Crippen LogP contribution in [0.25, 0.3) is 0 Å². The van der Waals surface area contributed by atoms with Gasteiger partial charge in [0.25, 0.3) is 11.8 Å². The van der Waals surface area contributed by atoms with E-state index in [-0.39, 0.29) is 32.9 Å². The van der Waals surface area contributed by atoms with Crippen molar-refractivity contribution in [1.82, 2.24) is 20.8 Å². The Morgan fingerprint density at radius 2 is 1.30 bits per heavy atom. The molecule has 194 valence electrons. The van der Waals surface area contributed by atoms with Gasteiger partial charge in [0.1, 0.15) is 21.4 Å². The van der Waals surface area contributed by atoms with E-state index in [1.54, 1.807) is 36.7 Å². The fourth-order valence-electron chi connectivity index (χ4n) is 2.87. The van der Waals surface area contributed by atoms with Gasteiger partial charge < -0.3 is 20.9 Å². The molecule has 0 aliphatic rings. The minimum Gasteiger partial charge on any atom is -0.488 e. The highest BCUT2D eigenvalue weighted by atomic mass is 32.1. The molecule has 0 aliphatic carbocycles. The first-order valence-corrected chi connectivity index (χ1v) is 12.3. The van der Waals surface area contributed by atoms with Crippen LogP contribution in [0.1, 0.15) is 57.2 Å². The number of hydrazone groups is 2. The number of carbonyl (C=O) groups is 2. The van der Waals surface area contributed by atoms with Crippen molar-refractivity contribution in [3.63, 3.8) is 0 Å². The van der Waals surface area contributed by atoms with Crippen LogP contribution in [0.3, 0.4) is 0 Å². The summed E-state index contributed by atoms with van der Waals surface area (Å²) >= 11 is 0.906. The predicted molar refractivity (Wildman–Crippen MR) is 143 cm³/mol. The van der Waals surface area contributed by atoms with Gasteiger partial charge in [0.2, 0.25) is 0 Å². The van der Waals surface area contributed by atoms with Crippen LogP contribution in [-0.4, -0.2) is 47.4 Å². The second-order valence-corrected chi connectivity index (χ2v) is 8.49. The first kappa shape index (κ1) is 27.1. The van der Waals surface area contributed by atoms with Crippen molar-refractivity contribution in [3.05, 3.63) is 57.5 Å². The third-order valence-electron chi connectivity index (χ3n) is 4.62. The standard InChI is InChI=1S/C24H28N8O4S/c1-3-11-35-17-18(36-12-4-2)20(24(34)32-30-14-16-8-6-10-28-22(16)26)37-19(17)23(33)31-29-13-15-7-5-9-27-21(15)25/h5-10,13-14H,3-4,11-12H2,1-2H3,(H2,25,27)(H2,26,28)(H,31,33)(H,32,34)/b29-13+,30-14+. The number of nitrogen functional groups attached to an aromatic ring is 2. The number of pyridine rings is 2. The Bertz CT molecular complexity index is 1200. The van der Waals surface area contributed by atoms with E-state index in [4.69, 9.17) is 20.9 Å². The molecule has 0 spiro atoms. The molecular formula is C24H28N8O4S. The van der Waals surface area contributed by atoms with Gasteiger partial charge in [-0.1, -0.05) is 13.8 Å². The van der Waals surface area contributed by atoms with Crippen LogP contribution in [0.4, 0.5) is 11.6 Å². The van der Waals surface area contributed by atoms with Crippen molar-refractivity contribution in [2.24, 2.45) is 10.2 Å². The van der Waals surface area contributed by atoms with Gasteiger partial charge in [-0.25, -0.2) is 20.8 Å². The monoisotopic (exact) mass is 524 g/mol. The molecule has 0 bridgehead atoms. The first-order chi connectivity index (χ1) is 18.0. The largest absolute Gasteiger partial charge is 0.488 e. The number of hydrogen-bond donors (Lipinski definition) is 4. The molecule has 3 heterocycles. The summed E-state index contributed by atoms with van der Waals surface area (Å²) in [7, 11) is 0. The van der Waals surface area contributed by atoms with Gasteiger partial charge in [-0.3, -0.25) is 9.59 Å². The number of carbonyl (C=O) groups excluding carboxylic acids is 2. The maximum absolute atomic E-state index is 13.0. The van der Waals surface area contributed by atoms with E-state index in [1.165, 1.54) is 12.4 Å². The maximum atomic E-state index is 13.0. The Morgan fingerprint density at radius 3 is 1.68 bits per heavy atom. The number of thiophene rings is 1. The van der Waals surface area contributed by atoms with Crippen LogP contribution in [-0.2, 0) is 0 Å². The van der Waals surface area contributed by atoms with Gasteiger partial charge in [0.15, 0.2) is 11.5 Å². The summed E-state index contributed by atoms with van der Waals surface area (Å²) in [5.74, 6) is -0.291. The van der Waals surface area contributed by atoms with Crippen LogP contribution in [0.5, 0.6) is 11.5 Å². The molecule has 0 radical (unpaired) electrons. The van der Waals surface area contributed by atoms with E-state index in [1.807, 2.05) is 13.8 Å². The Balaban J connectivity index is 1.87. The molecule has 2 amide bonds. The normalized spacial score (nSPS) is 11.1. The van der Waals surface area contributed by atoms with E-state index in [0.717, 1.165) is 11.3 Å². The summed E-state index contributed by atoms with van der Waals surface area (Å²) in [5.41, 5.74) is 17.6. The van der Waals surface area contributed by atoms with Crippen molar-refractivity contribution >= 4 is 47.2 Å². The number of nitrogens with two attached hydrogens (primary N) is 2. The van der Waals surface area contributed by atoms with E-state index < -0.39 is 11.8 Å². The summed E-state index contributed by atoms with van der Waals surface area (Å²) in [6.07, 6.45) is 7.22. The van der Waals surface area contributed by atoms with Crippen LogP contribution in [0.15, 0.2) is 46.9 Å². The van der Waals surface area contributed by atoms with Gasteiger partial charge in [0, 0.05) is 23.5 Å². The molecule has 37 heavy (non-hydrogen) atoms. The molecule has 12 nitrogen and oxygen atoms in total. The number of hydrogen-bond acceptors (Lipinski definition) is 11. The van der Waals surface area contributed by atoms with Crippen molar-refractivity contribution in [1.29, 1.82) is 0 Å². The first-order valence-electron chi connectivity index (χ1n) is 11.5. The zero-order valence-corrected chi connectivity index (χ0v) is 21.2. The van der Waals surface area contributed by atoms with Gasteiger partial charge in [0.05, 0.1) is 25.6 Å². The lowest BCUT2D eigenvalue weighted by atomic mass is 10.3. The summed E-state index contributed by atoms with van der Waals surface area (Å²) in [6.45, 7) is 4.48. The highest BCUT2D eigenvalue weighted by Crippen LogP contribution is 2.42. The average molecular weight is 525 g/mol. The minimum absolute atomic E-state index is 0.126. The fourth-order valence-corrected chi connectivity index (χ4v) is 3.84. The molecule has 0 fully saturated rings. The Kier molecular flexibility index (Phi) is 9.91. The minimum atomic E-state index is -0.582. The van der Waals surface area contributed by atoms with Crippen molar-refractivity contribution in [2.45, 2.75) is 26.7 Å². The van der Waals surface area contributed by atoms with E-state index in [2.05, 4.69) is 31.0 Å². The molecule has 0 saturated carbocycles. The summed E-state index contributed by atoms with van der Waals surface area (Å²) in [6, 6.07) is 6.81. The lowest BCUT2D eigenvalue weighted by molar-refractivity contribution is 0.0945. The quantitative estimate of drug-likeness (QED) is 0.206. The fraction of sp³-hybridized carbons (Fsp3) is 0.250. The van der Waals surface area contributed by atoms with Crippen LogP contribution >= 0.6 is 11.3 Å². The van der Waals surface area contributed by atoms with Crippen LogP contribution in [0.2, 0.25) is 0 Å². The van der Waals surface area contributed by atoms with Crippen LogP contribution in [0, 0.1) is 0 Å². The smallest absolute Gasteiger partial charge is 0.285 e. The van der Waals surface area contributed by atoms with E-state index in [9.17, 15) is 9.59 Å². The molecule has 3 aromatic rings. The number of nitrogens with zero attached hydrogens (tertiary/aromatic N) is 4. The van der Waals surface area contributed by atoms with Crippen molar-refractivity contribution in [2.75, 3.05) is 24.7 Å². The van der Waals surface area contributed by atoms with Gasteiger partial charge in [-0.05, 0) is 37.1 Å². The molecule has 3 aromatic heterocycles. The molecule has 0 aromatic carbocycles. The zero-order chi connectivity index (χ0) is 26.6. The molecule has 0 unspecified atom stereocenters. The van der Waals surface area contributed by atoms with Gasteiger partial charge >= 0.3 is 0 Å². The number of nitrogens with one attached hydrogen (secondary N) is 2. The second-order valence-electron chi connectivity index (χ2n) is 7.47. The lowest BCUT2D eigenvalue weighted by Gasteiger charge is -2.10. The zero-order valence-electron chi connectivity index (χ0n) is 20.4. The van der Waals surface area contributed by atoms with Crippen molar-refractivity contribution < 1.29 is 19.1 Å². The lowest BCUT2D eigenvalue weighted by Crippen LogP contribution is -2.18. The van der Waals surface area contributed by atoms with E-state index >= 15 is 0 Å². The number of amides is 2. The molecular weight excluding hydrogens is 496 g/mol. The maximum Gasteiger partial charge on any atom is 0.285 e. The predicted octanol–water partition coefficient (Wildman–Crippen LogP) is 2.81. The van der Waals surface area contributed by atoms with Crippen LogP contribution < -0.4 is 31.8 Å². The summed E-state index contributed by atoms with van der Waals surface area (Å²) in [4.78, 5) is 34.2. The molecule has 3 rings (SSSR count). The van der Waals surface area contributed by atoms with Crippen molar-refractivity contribution in [3.8, 4) is 11.5 Å². The number of anilines is 2. The number of rotatable bonds is 12. The highest BCUT2D eigenvalue weighted by Gasteiger charge is 2.29. The molecule has 6 N–H and O–H groups in total. The summed E-state index contributed by atoms with van der Waals surface area (Å²) in [5, 5.41) is 7.92. The number of aromatic nitrogens is 2. The second kappa shape index (κ2) is 13.5. The highest BCUT2D eigenvalue weighted by molar-refractivity contribution is 7.16. The summed E-state index contributed by atoms with van der Waals surface area (Å²) < 4.78 is 11.7. The third kappa shape index (κ3) is 7.24. The van der Waals surface area contributed by atoms with Gasteiger partial charge in [-0.2, -0.15) is 10.2 Å². The van der Waals surface area contributed by atoms with Gasteiger partial charge in [-0.15, -0.1) is 11.3 Å². The Labute approximate surface area is 217 Å². The third-order valence-corrected chi connectivity index (χ3v) is 5.77. The molecule has 13 heteroatoms. The van der Waals surface area contributed by atoms with E-state index in [0.29, 0.717) is 37.2 Å². The SMILES string of the molecule is CCCOc1c(C(=O)N/N=C/c2cccnc2N)sc(C(=O)N/N=C/c2cccnc2N)c1OCCC. The molecule has 0 atom stereocenters. The Hall–Kier alpha value is -4.52. The Morgan fingerprint density at radius 1 is 0.865 bits per heavy atom. The number of ether oxygens (including phenoxy) is 2. The molecule has 0 aliphatic heterocycles. The topological polar surface area (TPSA) is 179 Å². The molecule has 0 saturated heterocycles.